The molecule has 1 atom stereocenters. The quantitative estimate of drug-likeness (QED) is 0.825. The molecular weight excluding hydrogens is 358 g/mol. The molecule has 4 rings (SSSR count). The zero-order valence-corrected chi connectivity index (χ0v) is 15.0. The number of halogens is 1. The van der Waals surface area contributed by atoms with Crippen LogP contribution in [-0.4, -0.2) is 50.3 Å². The minimum Gasteiger partial charge on any atom is -0.486 e. The number of carbonyl (C=O) groups is 1. The molecule has 0 radical (unpaired) electrons. The highest BCUT2D eigenvalue weighted by Gasteiger charge is 2.26. The number of benzene rings is 2. The first-order valence-electron chi connectivity index (χ1n) is 8.35. The summed E-state index contributed by atoms with van der Waals surface area (Å²) in [5, 5.41) is 0.366. The zero-order valence-electron chi connectivity index (χ0n) is 14.2. The first-order chi connectivity index (χ1) is 12.6. The van der Waals surface area contributed by atoms with Crippen molar-refractivity contribution in [3.05, 3.63) is 47.0 Å². The molecule has 7 heteroatoms. The van der Waals surface area contributed by atoms with Gasteiger partial charge in [-0.05, 0) is 24.3 Å². The third-order valence-corrected chi connectivity index (χ3v) is 4.52. The van der Waals surface area contributed by atoms with Crippen LogP contribution in [0.25, 0.3) is 0 Å². The summed E-state index contributed by atoms with van der Waals surface area (Å²) in [5.41, 5.74) is 0.443. The van der Waals surface area contributed by atoms with Gasteiger partial charge in [-0.3, -0.25) is 4.79 Å². The van der Waals surface area contributed by atoms with Gasteiger partial charge in [-0.25, -0.2) is 0 Å². The maximum absolute atomic E-state index is 12.8. The number of likely N-dealkylation sites (N-methyl/N-ethyl adjacent to an activating group) is 1. The van der Waals surface area contributed by atoms with E-state index in [4.69, 9.17) is 30.5 Å². The van der Waals surface area contributed by atoms with Gasteiger partial charge in [0.25, 0.3) is 5.91 Å². The molecular formula is C19H18ClNO5. The first kappa shape index (κ1) is 16.8. The SMILES string of the molecule is CN(CC1COc2ccccc2O1)C(=O)c1cc(Cl)c2c(c1)OCCO2. The van der Waals surface area contributed by atoms with Crippen molar-refractivity contribution in [2.45, 2.75) is 6.10 Å². The van der Waals surface area contributed by atoms with E-state index in [2.05, 4.69) is 0 Å². The molecule has 0 N–H and O–H groups in total. The fourth-order valence-corrected chi connectivity index (χ4v) is 3.26. The average molecular weight is 376 g/mol. The van der Waals surface area contributed by atoms with E-state index in [1.807, 2.05) is 24.3 Å². The largest absolute Gasteiger partial charge is 0.486 e. The lowest BCUT2D eigenvalue weighted by Gasteiger charge is -2.29. The lowest BCUT2D eigenvalue weighted by Crippen LogP contribution is -2.41. The Labute approximate surface area is 156 Å². The van der Waals surface area contributed by atoms with E-state index >= 15 is 0 Å². The van der Waals surface area contributed by atoms with Crippen LogP contribution in [0.2, 0.25) is 5.02 Å². The minimum absolute atomic E-state index is 0.175. The summed E-state index contributed by atoms with van der Waals surface area (Å²) in [5.74, 6) is 2.21. The van der Waals surface area contributed by atoms with Crippen LogP contribution in [0, 0.1) is 0 Å². The maximum atomic E-state index is 12.8. The van der Waals surface area contributed by atoms with Crippen LogP contribution in [0.4, 0.5) is 0 Å². The van der Waals surface area contributed by atoms with Crippen LogP contribution in [0.15, 0.2) is 36.4 Å². The highest BCUT2D eigenvalue weighted by Crippen LogP contribution is 2.38. The van der Waals surface area contributed by atoms with E-state index in [9.17, 15) is 4.79 Å². The lowest BCUT2D eigenvalue weighted by atomic mass is 10.1. The molecule has 0 saturated carbocycles. The third kappa shape index (κ3) is 3.24. The Kier molecular flexibility index (Phi) is 4.51. The Bertz CT molecular complexity index is 841. The predicted molar refractivity (Wildman–Crippen MR) is 95.8 cm³/mol. The molecule has 0 spiro atoms. The molecule has 6 nitrogen and oxygen atoms in total. The monoisotopic (exact) mass is 375 g/mol. The molecule has 2 aliphatic rings. The van der Waals surface area contributed by atoms with Crippen molar-refractivity contribution >= 4 is 17.5 Å². The zero-order chi connectivity index (χ0) is 18.1. The third-order valence-electron chi connectivity index (χ3n) is 4.24. The van der Waals surface area contributed by atoms with Gasteiger partial charge in [0.05, 0.1) is 11.6 Å². The van der Waals surface area contributed by atoms with Crippen molar-refractivity contribution in [1.82, 2.24) is 4.90 Å². The summed E-state index contributed by atoms with van der Waals surface area (Å²) in [4.78, 5) is 14.4. The standard InChI is InChI=1S/C19H18ClNO5/c1-21(10-13-11-25-15-4-2-3-5-16(15)26-13)19(22)12-8-14(20)18-17(9-12)23-6-7-24-18/h2-5,8-9,13H,6-7,10-11H2,1H3. The highest BCUT2D eigenvalue weighted by atomic mass is 35.5. The second-order valence-corrected chi connectivity index (χ2v) is 6.57. The highest BCUT2D eigenvalue weighted by molar-refractivity contribution is 6.32. The molecule has 2 aromatic rings. The fraction of sp³-hybridized carbons (Fsp3) is 0.316. The van der Waals surface area contributed by atoms with Crippen molar-refractivity contribution in [2.24, 2.45) is 0 Å². The molecule has 1 amide bonds. The number of carbonyl (C=O) groups excluding carboxylic acids is 1. The molecule has 1 unspecified atom stereocenters. The number of ether oxygens (including phenoxy) is 4. The van der Waals surface area contributed by atoms with E-state index in [0.29, 0.717) is 54.2 Å². The number of para-hydroxylation sites is 2. The van der Waals surface area contributed by atoms with Gasteiger partial charge in [0.2, 0.25) is 0 Å². The second kappa shape index (κ2) is 6.96. The van der Waals surface area contributed by atoms with E-state index < -0.39 is 0 Å². The van der Waals surface area contributed by atoms with E-state index in [-0.39, 0.29) is 12.0 Å². The molecule has 0 aliphatic carbocycles. The summed E-state index contributed by atoms with van der Waals surface area (Å²) in [6, 6.07) is 10.7. The summed E-state index contributed by atoms with van der Waals surface area (Å²) in [7, 11) is 1.72. The van der Waals surface area contributed by atoms with Crippen LogP contribution in [0.1, 0.15) is 10.4 Å². The summed E-state index contributed by atoms with van der Waals surface area (Å²) < 4.78 is 22.6. The smallest absolute Gasteiger partial charge is 0.253 e. The number of nitrogens with zero attached hydrogens (tertiary/aromatic N) is 1. The van der Waals surface area contributed by atoms with E-state index in [0.717, 1.165) is 5.75 Å². The summed E-state index contributed by atoms with van der Waals surface area (Å²) in [6.45, 7) is 1.65. The van der Waals surface area contributed by atoms with E-state index in [1.165, 1.54) is 0 Å². The van der Waals surface area contributed by atoms with Crippen molar-refractivity contribution in [2.75, 3.05) is 33.4 Å². The predicted octanol–water partition coefficient (Wildman–Crippen LogP) is 3.02. The molecule has 2 aliphatic heterocycles. The summed E-state index contributed by atoms with van der Waals surface area (Å²) >= 11 is 6.22. The van der Waals surface area contributed by atoms with Crippen LogP contribution < -0.4 is 18.9 Å². The van der Waals surface area contributed by atoms with Crippen molar-refractivity contribution in [1.29, 1.82) is 0 Å². The Morgan fingerprint density at radius 3 is 2.73 bits per heavy atom. The lowest BCUT2D eigenvalue weighted by molar-refractivity contribution is 0.0520. The number of fused-ring (bicyclic) bond motifs is 2. The van der Waals surface area contributed by atoms with Crippen LogP contribution in [-0.2, 0) is 0 Å². The molecule has 0 bridgehead atoms. The van der Waals surface area contributed by atoms with Gasteiger partial charge in [0, 0.05) is 12.6 Å². The average Bonchev–Trinajstić information content (AvgIpc) is 2.67. The Morgan fingerprint density at radius 1 is 1.12 bits per heavy atom. The van der Waals surface area contributed by atoms with E-state index in [1.54, 1.807) is 24.1 Å². The molecule has 0 fully saturated rings. The number of amides is 1. The summed E-state index contributed by atoms with van der Waals surface area (Å²) in [6.07, 6.45) is -0.244. The Balaban J connectivity index is 1.46. The second-order valence-electron chi connectivity index (χ2n) is 6.17. The van der Waals surface area contributed by atoms with Crippen LogP contribution in [0.5, 0.6) is 23.0 Å². The Morgan fingerprint density at radius 2 is 1.88 bits per heavy atom. The van der Waals surface area contributed by atoms with Gasteiger partial charge in [-0.2, -0.15) is 0 Å². The minimum atomic E-state index is -0.244. The normalized spacial score (nSPS) is 17.5. The molecule has 136 valence electrons. The van der Waals surface area contributed by atoms with Crippen molar-refractivity contribution < 1.29 is 23.7 Å². The van der Waals surface area contributed by atoms with Gasteiger partial charge in [-0.1, -0.05) is 23.7 Å². The van der Waals surface area contributed by atoms with Gasteiger partial charge in [0.15, 0.2) is 29.1 Å². The van der Waals surface area contributed by atoms with Crippen molar-refractivity contribution in [3.63, 3.8) is 0 Å². The fourth-order valence-electron chi connectivity index (χ4n) is 3.00. The topological polar surface area (TPSA) is 57.2 Å². The van der Waals surface area contributed by atoms with Crippen molar-refractivity contribution in [3.8, 4) is 23.0 Å². The number of rotatable bonds is 3. The van der Waals surface area contributed by atoms with Crippen LogP contribution >= 0.6 is 11.6 Å². The first-order valence-corrected chi connectivity index (χ1v) is 8.72. The number of hydrogen-bond acceptors (Lipinski definition) is 5. The van der Waals surface area contributed by atoms with Gasteiger partial charge in [0.1, 0.15) is 19.8 Å². The molecule has 26 heavy (non-hydrogen) atoms. The maximum Gasteiger partial charge on any atom is 0.253 e. The molecule has 2 heterocycles. The molecule has 0 saturated heterocycles. The van der Waals surface area contributed by atoms with Crippen LogP contribution in [0.3, 0.4) is 0 Å². The molecule has 2 aromatic carbocycles. The van der Waals surface area contributed by atoms with Gasteiger partial charge < -0.3 is 23.8 Å². The number of hydrogen-bond donors (Lipinski definition) is 0. The van der Waals surface area contributed by atoms with Gasteiger partial charge >= 0.3 is 0 Å². The molecule has 0 aromatic heterocycles. The van der Waals surface area contributed by atoms with Gasteiger partial charge in [-0.15, -0.1) is 0 Å². The Hall–Kier alpha value is -2.60.